The second-order valence-corrected chi connectivity index (χ2v) is 8.09. The van der Waals surface area contributed by atoms with E-state index in [0.717, 1.165) is 35.0 Å². The maximum atomic E-state index is 5.36. The minimum Gasteiger partial charge on any atom is -0.385 e. The summed E-state index contributed by atoms with van der Waals surface area (Å²) < 4.78 is 21.1. The summed E-state index contributed by atoms with van der Waals surface area (Å²) in [4.78, 5) is 0. The van der Waals surface area contributed by atoms with Crippen LogP contribution in [0.2, 0.25) is 18.1 Å². The molecule has 0 aromatic rings. The van der Waals surface area contributed by atoms with Gasteiger partial charge in [-0.05, 0) is 6.42 Å². The van der Waals surface area contributed by atoms with Gasteiger partial charge in [0.15, 0.2) is 0 Å². The Labute approximate surface area is 103 Å². The molecule has 0 atom stereocenters. The summed E-state index contributed by atoms with van der Waals surface area (Å²) >= 11 is 0. The van der Waals surface area contributed by atoms with Crippen LogP contribution >= 0.6 is 0 Å². The molecule has 0 spiro atoms. The molecule has 0 rings (SSSR count). The first kappa shape index (κ1) is 16.3. The Morgan fingerprint density at radius 2 is 1.44 bits per heavy atom. The molecule has 0 aliphatic rings. The topological polar surface area (TPSA) is 36.9 Å². The minimum atomic E-state index is -2.31. The van der Waals surface area contributed by atoms with E-state index in [0.29, 0.717) is 0 Å². The highest BCUT2D eigenvalue weighted by Gasteiger charge is 2.36. The van der Waals surface area contributed by atoms with Crippen molar-refractivity contribution >= 4 is 18.3 Å². The summed E-state index contributed by atoms with van der Waals surface area (Å²) in [6.07, 6.45) is 2.28. The van der Waals surface area contributed by atoms with E-state index in [1.165, 1.54) is 12.1 Å². The molecule has 6 heteroatoms. The van der Waals surface area contributed by atoms with Crippen molar-refractivity contribution in [1.29, 1.82) is 0 Å². The zero-order valence-electron chi connectivity index (χ0n) is 10.9. The zero-order valence-corrected chi connectivity index (χ0v) is 12.9. The lowest BCUT2D eigenvalue weighted by molar-refractivity contribution is 0.123. The van der Waals surface area contributed by atoms with E-state index >= 15 is 0 Å². The molecule has 0 heterocycles. The molecule has 0 aliphatic heterocycles. The van der Waals surface area contributed by atoms with Crippen LogP contribution in [-0.2, 0) is 18.0 Å². The third kappa shape index (κ3) is 6.77. The van der Waals surface area contributed by atoms with Gasteiger partial charge in [0.05, 0.1) is 0 Å². The second-order valence-electron chi connectivity index (χ2n) is 3.50. The Morgan fingerprint density at radius 3 is 1.94 bits per heavy atom. The van der Waals surface area contributed by atoms with Gasteiger partial charge in [0, 0.05) is 50.6 Å². The number of hydrogen-bond donors (Lipinski definition) is 0. The lowest BCUT2D eigenvalue weighted by Crippen LogP contribution is -2.42. The molecule has 0 fully saturated rings. The van der Waals surface area contributed by atoms with Crippen LogP contribution in [0, 0.1) is 0 Å². The van der Waals surface area contributed by atoms with Crippen molar-refractivity contribution in [2.24, 2.45) is 0 Å². The molecule has 0 aromatic heterocycles. The monoisotopic (exact) mass is 264 g/mol. The van der Waals surface area contributed by atoms with Crippen molar-refractivity contribution in [3.63, 3.8) is 0 Å². The van der Waals surface area contributed by atoms with Gasteiger partial charge in [-0.25, -0.2) is 0 Å². The molecule has 0 saturated heterocycles. The van der Waals surface area contributed by atoms with Crippen molar-refractivity contribution < 1.29 is 18.0 Å². The Bertz CT molecular complexity index is 145. The SMILES string of the molecule is COCCC[Si]CCC[Si](OC)(OC)OC. The smallest absolute Gasteiger partial charge is 0.385 e. The van der Waals surface area contributed by atoms with Crippen LogP contribution in [0.4, 0.5) is 0 Å². The van der Waals surface area contributed by atoms with Gasteiger partial charge in [0.25, 0.3) is 0 Å². The molecular weight excluding hydrogens is 240 g/mol. The quantitative estimate of drug-likeness (QED) is 0.421. The number of ether oxygens (including phenoxy) is 1. The molecule has 2 radical (unpaired) electrons. The second kappa shape index (κ2) is 10.4. The van der Waals surface area contributed by atoms with Crippen LogP contribution in [0.3, 0.4) is 0 Å². The van der Waals surface area contributed by atoms with Crippen LogP contribution in [-0.4, -0.2) is 53.4 Å². The fourth-order valence-electron chi connectivity index (χ4n) is 1.45. The van der Waals surface area contributed by atoms with Crippen molar-refractivity contribution in [3.05, 3.63) is 0 Å². The third-order valence-corrected chi connectivity index (χ3v) is 6.72. The highest BCUT2D eigenvalue weighted by molar-refractivity contribution is 6.60. The molecule has 96 valence electrons. The van der Waals surface area contributed by atoms with E-state index in [-0.39, 0.29) is 0 Å². The van der Waals surface area contributed by atoms with Gasteiger partial charge in [0.1, 0.15) is 0 Å². The third-order valence-electron chi connectivity index (χ3n) is 2.47. The number of methoxy groups -OCH3 is 1. The Morgan fingerprint density at radius 1 is 0.875 bits per heavy atom. The van der Waals surface area contributed by atoms with E-state index in [9.17, 15) is 0 Å². The normalized spacial score (nSPS) is 12.0. The average Bonchev–Trinajstić information content (AvgIpc) is 2.34. The molecule has 0 amide bonds. The first-order valence-electron chi connectivity index (χ1n) is 5.59. The van der Waals surface area contributed by atoms with Crippen LogP contribution in [0.15, 0.2) is 0 Å². The summed E-state index contributed by atoms with van der Waals surface area (Å²) in [5.41, 5.74) is 0. The Hall–Kier alpha value is 0.274. The number of rotatable bonds is 11. The van der Waals surface area contributed by atoms with Gasteiger partial charge in [0.2, 0.25) is 0 Å². The highest BCUT2D eigenvalue weighted by Crippen LogP contribution is 2.16. The molecule has 0 saturated carbocycles. The fraction of sp³-hybridized carbons (Fsp3) is 1.00. The molecule has 0 aliphatic carbocycles. The predicted molar refractivity (Wildman–Crippen MR) is 68.1 cm³/mol. The fourth-order valence-corrected chi connectivity index (χ4v) is 4.60. The maximum Gasteiger partial charge on any atom is 0.500 e. The van der Waals surface area contributed by atoms with Gasteiger partial charge in [-0.2, -0.15) is 0 Å². The average molecular weight is 264 g/mol. The standard InChI is InChI=1S/C10H24O4Si2/c1-11-7-5-8-15-9-6-10-16(12-2,13-3)14-4/h5-10H2,1-4H3. The Balaban J connectivity index is 3.48. The van der Waals surface area contributed by atoms with E-state index < -0.39 is 8.80 Å². The van der Waals surface area contributed by atoms with Gasteiger partial charge >= 0.3 is 8.80 Å². The lowest BCUT2D eigenvalue weighted by Gasteiger charge is -2.24. The summed E-state index contributed by atoms with van der Waals surface area (Å²) in [7, 11) is 5.44. The van der Waals surface area contributed by atoms with Gasteiger partial charge < -0.3 is 18.0 Å². The van der Waals surface area contributed by atoms with Gasteiger partial charge in [-0.15, -0.1) is 0 Å². The summed E-state index contributed by atoms with van der Waals surface area (Å²) in [5.74, 6) is 0. The summed E-state index contributed by atoms with van der Waals surface area (Å²) in [6, 6.07) is 3.40. The molecule has 0 aromatic carbocycles. The van der Waals surface area contributed by atoms with E-state index in [1.807, 2.05) is 0 Å². The van der Waals surface area contributed by atoms with Crippen molar-refractivity contribution in [3.8, 4) is 0 Å². The van der Waals surface area contributed by atoms with Crippen LogP contribution in [0.25, 0.3) is 0 Å². The van der Waals surface area contributed by atoms with E-state index in [2.05, 4.69) is 0 Å². The van der Waals surface area contributed by atoms with Crippen LogP contribution in [0.1, 0.15) is 12.8 Å². The zero-order chi connectivity index (χ0) is 12.3. The van der Waals surface area contributed by atoms with Gasteiger partial charge in [-0.3, -0.25) is 0 Å². The first-order valence-corrected chi connectivity index (χ1v) is 8.94. The van der Waals surface area contributed by atoms with Crippen LogP contribution in [0.5, 0.6) is 0 Å². The van der Waals surface area contributed by atoms with Crippen molar-refractivity contribution in [1.82, 2.24) is 0 Å². The van der Waals surface area contributed by atoms with E-state index in [4.69, 9.17) is 18.0 Å². The summed E-state index contributed by atoms with van der Waals surface area (Å²) in [6.45, 7) is 0.875. The lowest BCUT2D eigenvalue weighted by atomic mass is 10.5. The molecular formula is C10H24O4Si2. The van der Waals surface area contributed by atoms with Crippen molar-refractivity contribution in [2.45, 2.75) is 31.0 Å². The Kier molecular flexibility index (Phi) is 10.6. The largest absolute Gasteiger partial charge is 0.500 e. The molecule has 16 heavy (non-hydrogen) atoms. The molecule has 0 N–H and O–H groups in total. The minimum absolute atomic E-state index is 0.875. The van der Waals surface area contributed by atoms with Gasteiger partial charge in [-0.1, -0.05) is 18.5 Å². The number of hydrogen-bond acceptors (Lipinski definition) is 4. The first-order chi connectivity index (χ1) is 7.74. The maximum absolute atomic E-state index is 5.36. The summed E-state index contributed by atoms with van der Waals surface area (Å²) in [5, 5.41) is 0. The molecule has 0 bridgehead atoms. The molecule has 0 unspecified atom stereocenters. The van der Waals surface area contributed by atoms with Crippen LogP contribution < -0.4 is 0 Å². The molecule has 4 nitrogen and oxygen atoms in total. The van der Waals surface area contributed by atoms with Crippen molar-refractivity contribution in [2.75, 3.05) is 35.0 Å². The predicted octanol–water partition coefficient (Wildman–Crippen LogP) is 1.83. The van der Waals surface area contributed by atoms with E-state index in [1.54, 1.807) is 28.4 Å². The highest BCUT2D eigenvalue weighted by atomic mass is 28.4.